The standard InChI is InChI=1S/C10H9N3O3/c1-7-6-8(10(14)12-5-4-11)2-3-9(7)13(15)16/h2-3,6H,5H2,1H3,(H,12,14). The molecule has 0 aliphatic heterocycles. The van der Waals surface area contributed by atoms with Gasteiger partial charge in [-0.25, -0.2) is 0 Å². The number of hydrogen-bond acceptors (Lipinski definition) is 4. The zero-order valence-corrected chi connectivity index (χ0v) is 8.56. The third-order valence-electron chi connectivity index (χ3n) is 1.98. The van der Waals surface area contributed by atoms with Crippen molar-refractivity contribution in [3.8, 4) is 6.07 Å². The maximum absolute atomic E-state index is 11.4. The first-order valence-corrected chi connectivity index (χ1v) is 4.46. The van der Waals surface area contributed by atoms with Crippen molar-refractivity contribution in [2.45, 2.75) is 6.92 Å². The van der Waals surface area contributed by atoms with Gasteiger partial charge in [-0.1, -0.05) is 0 Å². The van der Waals surface area contributed by atoms with E-state index in [0.29, 0.717) is 11.1 Å². The van der Waals surface area contributed by atoms with Crippen molar-refractivity contribution in [2.24, 2.45) is 0 Å². The maximum atomic E-state index is 11.4. The van der Waals surface area contributed by atoms with Crippen LogP contribution in [0.15, 0.2) is 18.2 Å². The molecule has 82 valence electrons. The summed E-state index contributed by atoms with van der Waals surface area (Å²) < 4.78 is 0. The summed E-state index contributed by atoms with van der Waals surface area (Å²) in [7, 11) is 0. The Morgan fingerprint density at radius 1 is 1.62 bits per heavy atom. The van der Waals surface area contributed by atoms with E-state index in [2.05, 4.69) is 5.32 Å². The molecule has 0 aliphatic carbocycles. The Bertz CT molecular complexity index is 477. The number of aryl methyl sites for hydroxylation is 1. The van der Waals surface area contributed by atoms with Gasteiger partial charge in [0.2, 0.25) is 0 Å². The molecule has 0 aromatic heterocycles. The number of nitro benzene ring substituents is 1. The molecule has 0 fully saturated rings. The number of nitriles is 1. The van der Waals surface area contributed by atoms with E-state index >= 15 is 0 Å². The predicted octanol–water partition coefficient (Wildman–Crippen LogP) is 1.16. The van der Waals surface area contributed by atoms with Crippen LogP contribution in [0.4, 0.5) is 5.69 Å². The second-order valence-corrected chi connectivity index (χ2v) is 3.10. The Hall–Kier alpha value is -2.42. The molecule has 6 nitrogen and oxygen atoms in total. The third kappa shape index (κ3) is 2.54. The summed E-state index contributed by atoms with van der Waals surface area (Å²) in [5.74, 6) is -0.417. The summed E-state index contributed by atoms with van der Waals surface area (Å²) in [6.07, 6.45) is 0. The Labute approximate surface area is 91.6 Å². The van der Waals surface area contributed by atoms with E-state index in [0.717, 1.165) is 0 Å². The van der Waals surface area contributed by atoms with Gasteiger partial charge in [0.05, 0.1) is 11.0 Å². The quantitative estimate of drug-likeness (QED) is 0.468. The van der Waals surface area contributed by atoms with E-state index in [4.69, 9.17) is 5.26 Å². The first-order valence-electron chi connectivity index (χ1n) is 4.46. The Kier molecular flexibility index (Phi) is 3.56. The normalized spacial score (nSPS) is 9.25. The van der Waals surface area contributed by atoms with E-state index in [9.17, 15) is 14.9 Å². The summed E-state index contributed by atoms with van der Waals surface area (Å²) in [6.45, 7) is 1.47. The van der Waals surface area contributed by atoms with Crippen molar-refractivity contribution in [1.82, 2.24) is 5.32 Å². The molecule has 16 heavy (non-hydrogen) atoms. The van der Waals surface area contributed by atoms with E-state index < -0.39 is 10.8 Å². The van der Waals surface area contributed by atoms with Crippen LogP contribution < -0.4 is 5.32 Å². The number of nitro groups is 1. The van der Waals surface area contributed by atoms with Gasteiger partial charge >= 0.3 is 0 Å². The topological polar surface area (TPSA) is 96.0 Å². The van der Waals surface area contributed by atoms with Crippen LogP contribution in [0.25, 0.3) is 0 Å². The van der Waals surface area contributed by atoms with Crippen LogP contribution in [0, 0.1) is 28.4 Å². The molecule has 0 aliphatic rings. The number of nitrogens with zero attached hydrogens (tertiary/aromatic N) is 2. The van der Waals surface area contributed by atoms with Gasteiger partial charge in [-0.3, -0.25) is 14.9 Å². The summed E-state index contributed by atoms with van der Waals surface area (Å²) >= 11 is 0. The highest BCUT2D eigenvalue weighted by Crippen LogP contribution is 2.18. The number of benzene rings is 1. The van der Waals surface area contributed by atoms with Crippen molar-refractivity contribution < 1.29 is 9.72 Å². The lowest BCUT2D eigenvalue weighted by atomic mass is 10.1. The van der Waals surface area contributed by atoms with Crippen LogP contribution in [0.2, 0.25) is 0 Å². The fraction of sp³-hybridized carbons (Fsp3) is 0.200. The molecule has 1 N–H and O–H groups in total. The fourth-order valence-corrected chi connectivity index (χ4v) is 1.22. The smallest absolute Gasteiger partial charge is 0.272 e. The average molecular weight is 219 g/mol. The lowest BCUT2D eigenvalue weighted by Crippen LogP contribution is -2.23. The van der Waals surface area contributed by atoms with Gasteiger partial charge in [-0.05, 0) is 19.1 Å². The molecular formula is C10H9N3O3. The number of rotatable bonds is 3. The molecular weight excluding hydrogens is 210 g/mol. The summed E-state index contributed by atoms with van der Waals surface area (Å²) in [5, 5.41) is 21.2. The second kappa shape index (κ2) is 4.89. The molecule has 0 bridgehead atoms. The van der Waals surface area contributed by atoms with Crippen molar-refractivity contribution in [2.75, 3.05) is 6.54 Å². The molecule has 0 radical (unpaired) electrons. The average Bonchev–Trinajstić information content (AvgIpc) is 2.25. The fourth-order valence-electron chi connectivity index (χ4n) is 1.22. The van der Waals surface area contributed by atoms with E-state index in [1.807, 2.05) is 0 Å². The van der Waals surface area contributed by atoms with E-state index in [-0.39, 0.29) is 12.2 Å². The van der Waals surface area contributed by atoms with Gasteiger partial charge < -0.3 is 5.32 Å². The summed E-state index contributed by atoms with van der Waals surface area (Å²) in [5.41, 5.74) is 0.685. The maximum Gasteiger partial charge on any atom is 0.272 e. The summed E-state index contributed by atoms with van der Waals surface area (Å²) in [4.78, 5) is 21.4. The lowest BCUT2D eigenvalue weighted by molar-refractivity contribution is -0.385. The van der Waals surface area contributed by atoms with Gasteiger partial charge in [-0.2, -0.15) is 5.26 Å². The van der Waals surface area contributed by atoms with Crippen LogP contribution in [0.3, 0.4) is 0 Å². The zero-order valence-electron chi connectivity index (χ0n) is 8.56. The Morgan fingerprint density at radius 3 is 2.81 bits per heavy atom. The van der Waals surface area contributed by atoms with Gasteiger partial charge in [0, 0.05) is 17.2 Å². The molecule has 1 amide bonds. The molecule has 0 saturated carbocycles. The van der Waals surface area contributed by atoms with Crippen LogP contribution in [0.5, 0.6) is 0 Å². The predicted molar refractivity (Wildman–Crippen MR) is 55.8 cm³/mol. The minimum atomic E-state index is -0.508. The van der Waals surface area contributed by atoms with Crippen LogP contribution in [0.1, 0.15) is 15.9 Å². The largest absolute Gasteiger partial charge is 0.339 e. The molecule has 1 aromatic carbocycles. The molecule has 1 rings (SSSR count). The van der Waals surface area contributed by atoms with Crippen molar-refractivity contribution in [3.63, 3.8) is 0 Å². The van der Waals surface area contributed by atoms with Crippen molar-refractivity contribution >= 4 is 11.6 Å². The highest BCUT2D eigenvalue weighted by Gasteiger charge is 2.13. The SMILES string of the molecule is Cc1cc(C(=O)NCC#N)ccc1[N+](=O)[O-]. The first kappa shape index (κ1) is 11.7. The van der Waals surface area contributed by atoms with Crippen molar-refractivity contribution in [3.05, 3.63) is 39.4 Å². The van der Waals surface area contributed by atoms with Gasteiger partial charge in [0.15, 0.2) is 0 Å². The number of amides is 1. The Morgan fingerprint density at radius 2 is 2.31 bits per heavy atom. The van der Waals surface area contributed by atoms with Gasteiger partial charge in [0.25, 0.3) is 11.6 Å². The number of nitrogens with one attached hydrogen (secondary N) is 1. The molecule has 0 spiro atoms. The second-order valence-electron chi connectivity index (χ2n) is 3.10. The molecule has 0 atom stereocenters. The molecule has 1 aromatic rings. The first-order chi connectivity index (χ1) is 7.56. The number of carbonyl (C=O) groups excluding carboxylic acids is 1. The monoisotopic (exact) mass is 219 g/mol. The molecule has 0 unspecified atom stereocenters. The zero-order chi connectivity index (χ0) is 12.1. The van der Waals surface area contributed by atoms with Gasteiger partial charge in [0.1, 0.15) is 6.54 Å². The Balaban J connectivity index is 2.93. The van der Waals surface area contributed by atoms with Crippen LogP contribution in [-0.2, 0) is 0 Å². The minimum absolute atomic E-state index is 0.0307. The van der Waals surface area contributed by atoms with Crippen molar-refractivity contribution in [1.29, 1.82) is 5.26 Å². The molecule has 0 heterocycles. The molecule has 6 heteroatoms. The van der Waals surface area contributed by atoms with Crippen LogP contribution in [-0.4, -0.2) is 17.4 Å². The molecule has 0 saturated heterocycles. The number of carbonyl (C=O) groups is 1. The third-order valence-corrected chi connectivity index (χ3v) is 1.98. The van der Waals surface area contributed by atoms with E-state index in [1.165, 1.54) is 18.2 Å². The highest BCUT2D eigenvalue weighted by molar-refractivity contribution is 5.94. The number of hydrogen-bond donors (Lipinski definition) is 1. The van der Waals surface area contributed by atoms with Crippen LogP contribution >= 0.6 is 0 Å². The minimum Gasteiger partial charge on any atom is -0.339 e. The lowest BCUT2D eigenvalue weighted by Gasteiger charge is -2.02. The summed E-state index contributed by atoms with van der Waals surface area (Å²) in [6, 6.07) is 5.83. The highest BCUT2D eigenvalue weighted by atomic mass is 16.6. The van der Waals surface area contributed by atoms with E-state index in [1.54, 1.807) is 13.0 Å². The van der Waals surface area contributed by atoms with Gasteiger partial charge in [-0.15, -0.1) is 0 Å².